The minimum absolute atomic E-state index is 0.148. The zero-order valence-corrected chi connectivity index (χ0v) is 13.8. The van der Waals surface area contributed by atoms with Crippen LogP contribution in [0.2, 0.25) is 0 Å². The van der Waals surface area contributed by atoms with Crippen molar-refractivity contribution in [1.29, 1.82) is 0 Å². The number of esters is 1. The third kappa shape index (κ3) is 3.56. The molecule has 1 aromatic carbocycles. The number of benzene rings is 1. The second-order valence-corrected chi connectivity index (χ2v) is 6.49. The van der Waals surface area contributed by atoms with E-state index in [-0.39, 0.29) is 17.6 Å². The average molecular weight is 333 g/mol. The molecule has 2 heterocycles. The molecular weight excluding hydrogens is 314 g/mol. The fraction of sp³-hybridized carbons (Fsp3) is 0.438. The summed E-state index contributed by atoms with van der Waals surface area (Å²) in [6.07, 6.45) is 0. The predicted octanol–water partition coefficient (Wildman–Crippen LogP) is 1.40. The van der Waals surface area contributed by atoms with Crippen molar-refractivity contribution < 1.29 is 9.53 Å². The number of carbonyl (C=O) groups is 1. The Labute approximate surface area is 138 Å². The van der Waals surface area contributed by atoms with Crippen molar-refractivity contribution in [2.75, 3.05) is 24.7 Å². The lowest BCUT2D eigenvalue weighted by Crippen LogP contribution is -2.47. The molecule has 7 heteroatoms. The SMILES string of the molecule is CCOC(=O)[C@@H]1CSCCN1Cc1nc2ccccc2c(=O)[nH]1. The van der Waals surface area contributed by atoms with Crippen LogP contribution in [-0.4, -0.2) is 51.5 Å². The number of nitrogens with one attached hydrogen (secondary N) is 1. The molecule has 0 amide bonds. The Balaban J connectivity index is 1.84. The second kappa shape index (κ2) is 7.14. The van der Waals surface area contributed by atoms with Gasteiger partial charge in [0.25, 0.3) is 5.56 Å². The molecule has 1 aliphatic heterocycles. The van der Waals surface area contributed by atoms with Crippen LogP contribution in [-0.2, 0) is 16.1 Å². The summed E-state index contributed by atoms with van der Waals surface area (Å²) in [5.41, 5.74) is 0.523. The van der Waals surface area contributed by atoms with Crippen LogP contribution in [0, 0.1) is 0 Å². The number of thioether (sulfide) groups is 1. The number of nitrogens with zero attached hydrogens (tertiary/aromatic N) is 2. The zero-order chi connectivity index (χ0) is 16.2. The number of ether oxygens (including phenoxy) is 1. The quantitative estimate of drug-likeness (QED) is 0.853. The summed E-state index contributed by atoms with van der Waals surface area (Å²) < 4.78 is 5.16. The maximum absolute atomic E-state index is 12.1. The van der Waals surface area contributed by atoms with Gasteiger partial charge in [0.05, 0.1) is 24.1 Å². The van der Waals surface area contributed by atoms with E-state index in [9.17, 15) is 9.59 Å². The smallest absolute Gasteiger partial charge is 0.324 e. The number of H-pyrrole nitrogens is 1. The molecule has 6 nitrogen and oxygen atoms in total. The van der Waals surface area contributed by atoms with E-state index >= 15 is 0 Å². The lowest BCUT2D eigenvalue weighted by atomic mass is 10.2. The normalized spacial score (nSPS) is 18.9. The Hall–Kier alpha value is -1.86. The summed E-state index contributed by atoms with van der Waals surface area (Å²) in [7, 11) is 0. The van der Waals surface area contributed by atoms with E-state index in [0.29, 0.717) is 35.6 Å². The van der Waals surface area contributed by atoms with Gasteiger partial charge in [0.1, 0.15) is 11.9 Å². The van der Waals surface area contributed by atoms with Gasteiger partial charge in [0, 0.05) is 18.1 Å². The molecule has 0 bridgehead atoms. The van der Waals surface area contributed by atoms with Crippen LogP contribution < -0.4 is 5.56 Å². The highest BCUT2D eigenvalue weighted by Gasteiger charge is 2.30. The standard InChI is InChI=1S/C16H19N3O3S/c1-2-22-16(21)13-10-23-8-7-19(13)9-14-17-12-6-4-3-5-11(12)15(20)18-14/h3-6,13H,2,7-10H2,1H3,(H,17,18,20)/t13-/m0/s1. The number of para-hydroxylation sites is 1. The van der Waals surface area contributed by atoms with Crippen molar-refractivity contribution in [3.05, 3.63) is 40.4 Å². The number of hydrogen-bond acceptors (Lipinski definition) is 6. The van der Waals surface area contributed by atoms with Gasteiger partial charge in [-0.2, -0.15) is 11.8 Å². The van der Waals surface area contributed by atoms with Gasteiger partial charge in [-0.05, 0) is 19.1 Å². The van der Waals surface area contributed by atoms with Gasteiger partial charge >= 0.3 is 5.97 Å². The van der Waals surface area contributed by atoms with Gasteiger partial charge in [-0.15, -0.1) is 0 Å². The highest BCUT2D eigenvalue weighted by Crippen LogP contribution is 2.19. The lowest BCUT2D eigenvalue weighted by molar-refractivity contribution is -0.149. The van der Waals surface area contributed by atoms with Crippen molar-refractivity contribution in [1.82, 2.24) is 14.9 Å². The molecule has 1 fully saturated rings. The van der Waals surface area contributed by atoms with Crippen molar-refractivity contribution in [3.8, 4) is 0 Å². The van der Waals surface area contributed by atoms with Crippen molar-refractivity contribution in [2.45, 2.75) is 19.5 Å². The van der Waals surface area contributed by atoms with E-state index in [4.69, 9.17) is 4.74 Å². The number of carbonyl (C=O) groups excluding carboxylic acids is 1. The molecule has 3 rings (SSSR count). The Bertz CT molecular complexity index is 762. The van der Waals surface area contributed by atoms with Crippen LogP contribution in [0.3, 0.4) is 0 Å². The predicted molar refractivity (Wildman–Crippen MR) is 90.5 cm³/mol. The fourth-order valence-electron chi connectivity index (χ4n) is 2.68. The maximum Gasteiger partial charge on any atom is 0.324 e. The molecule has 0 unspecified atom stereocenters. The third-order valence-corrected chi connectivity index (χ3v) is 4.84. The first-order chi connectivity index (χ1) is 11.2. The number of hydrogen-bond donors (Lipinski definition) is 1. The number of rotatable bonds is 4. The Morgan fingerprint density at radius 1 is 1.48 bits per heavy atom. The van der Waals surface area contributed by atoms with Crippen LogP contribution in [0.15, 0.2) is 29.1 Å². The summed E-state index contributed by atoms with van der Waals surface area (Å²) in [6, 6.07) is 6.97. The van der Waals surface area contributed by atoms with Crippen molar-refractivity contribution >= 4 is 28.6 Å². The van der Waals surface area contributed by atoms with Gasteiger partial charge in [-0.1, -0.05) is 12.1 Å². The summed E-state index contributed by atoms with van der Waals surface area (Å²) in [6.45, 7) is 3.38. The number of fused-ring (bicyclic) bond motifs is 1. The molecule has 1 aliphatic rings. The summed E-state index contributed by atoms with van der Waals surface area (Å²) in [5, 5.41) is 0.576. The highest BCUT2D eigenvalue weighted by molar-refractivity contribution is 7.99. The average Bonchev–Trinajstić information content (AvgIpc) is 2.55. The van der Waals surface area contributed by atoms with Crippen LogP contribution >= 0.6 is 11.8 Å². The third-order valence-electron chi connectivity index (χ3n) is 3.81. The maximum atomic E-state index is 12.1. The van der Waals surface area contributed by atoms with E-state index in [1.807, 2.05) is 23.1 Å². The first-order valence-corrected chi connectivity index (χ1v) is 8.81. The molecule has 0 spiro atoms. The van der Waals surface area contributed by atoms with E-state index < -0.39 is 0 Å². The van der Waals surface area contributed by atoms with Crippen LogP contribution in [0.25, 0.3) is 10.9 Å². The van der Waals surface area contributed by atoms with Crippen molar-refractivity contribution in [2.24, 2.45) is 0 Å². The topological polar surface area (TPSA) is 75.3 Å². The monoisotopic (exact) mass is 333 g/mol. The summed E-state index contributed by atoms with van der Waals surface area (Å²) in [5.74, 6) is 2.03. The minimum Gasteiger partial charge on any atom is -0.465 e. The summed E-state index contributed by atoms with van der Waals surface area (Å²) >= 11 is 1.74. The Kier molecular flexibility index (Phi) is 4.97. The molecule has 122 valence electrons. The first-order valence-electron chi connectivity index (χ1n) is 7.65. The molecule has 1 aromatic heterocycles. The van der Waals surface area contributed by atoms with Crippen molar-refractivity contribution in [3.63, 3.8) is 0 Å². The van der Waals surface area contributed by atoms with Crippen LogP contribution in [0.1, 0.15) is 12.7 Å². The zero-order valence-electron chi connectivity index (χ0n) is 12.9. The first kappa shape index (κ1) is 16.0. The number of aromatic amines is 1. The van der Waals surface area contributed by atoms with Gasteiger partial charge < -0.3 is 9.72 Å². The van der Waals surface area contributed by atoms with Crippen LogP contribution in [0.5, 0.6) is 0 Å². The molecule has 0 aliphatic carbocycles. The van der Waals surface area contributed by atoms with Crippen LogP contribution in [0.4, 0.5) is 0 Å². The molecule has 2 aromatic rings. The summed E-state index contributed by atoms with van der Waals surface area (Å²) in [4.78, 5) is 33.6. The molecule has 0 radical (unpaired) electrons. The number of aromatic nitrogens is 2. The lowest BCUT2D eigenvalue weighted by Gasteiger charge is -2.33. The van der Waals surface area contributed by atoms with E-state index in [1.165, 1.54) is 0 Å². The molecule has 0 saturated carbocycles. The van der Waals surface area contributed by atoms with Gasteiger partial charge in [-0.25, -0.2) is 4.98 Å². The minimum atomic E-state index is -0.287. The van der Waals surface area contributed by atoms with Gasteiger partial charge in [0.2, 0.25) is 0 Å². The van der Waals surface area contributed by atoms with Gasteiger partial charge in [0.15, 0.2) is 0 Å². The second-order valence-electron chi connectivity index (χ2n) is 5.34. The fourth-order valence-corrected chi connectivity index (χ4v) is 3.79. The Morgan fingerprint density at radius 3 is 3.13 bits per heavy atom. The molecule has 1 N–H and O–H groups in total. The largest absolute Gasteiger partial charge is 0.465 e. The molecular formula is C16H19N3O3S. The van der Waals surface area contributed by atoms with E-state index in [2.05, 4.69) is 9.97 Å². The van der Waals surface area contributed by atoms with Gasteiger partial charge in [-0.3, -0.25) is 14.5 Å². The molecule has 1 atom stereocenters. The Morgan fingerprint density at radius 2 is 2.30 bits per heavy atom. The van der Waals surface area contributed by atoms with E-state index in [0.717, 1.165) is 12.3 Å². The highest BCUT2D eigenvalue weighted by atomic mass is 32.2. The molecule has 23 heavy (non-hydrogen) atoms. The molecule has 1 saturated heterocycles. The van der Waals surface area contributed by atoms with E-state index in [1.54, 1.807) is 24.8 Å².